The average Bonchev–Trinajstić information content (AvgIpc) is 3.79. The zero-order valence-corrected chi connectivity index (χ0v) is 22.1. The van der Waals surface area contributed by atoms with Crippen molar-refractivity contribution >= 4 is 9.84 Å². The molecule has 2 aromatic heterocycles. The first kappa shape index (κ1) is 24.1. The second-order valence-corrected chi connectivity index (χ2v) is 13.0. The van der Waals surface area contributed by atoms with Crippen molar-refractivity contribution in [3.8, 4) is 46.4 Å². The van der Waals surface area contributed by atoms with Gasteiger partial charge in [0.2, 0.25) is 33.4 Å². The van der Waals surface area contributed by atoms with Crippen molar-refractivity contribution in [2.75, 3.05) is 0 Å². The van der Waals surface area contributed by atoms with Gasteiger partial charge in [0.15, 0.2) is 0 Å². The van der Waals surface area contributed by atoms with Crippen LogP contribution >= 0.6 is 0 Å². The molecule has 208 valence electrons. The summed E-state index contributed by atoms with van der Waals surface area (Å²) < 4.78 is 29.7. The lowest BCUT2D eigenvalue weighted by Gasteiger charge is -2.15. The molecule has 0 radical (unpaired) electrons. The van der Waals surface area contributed by atoms with E-state index >= 15 is 0 Å². The van der Waals surface area contributed by atoms with Crippen molar-refractivity contribution in [3.05, 3.63) is 83.0 Å². The van der Waals surface area contributed by atoms with Gasteiger partial charge < -0.3 is 30.6 Å². The molecule has 0 spiro atoms. The number of phenols is 2. The molecule has 4 aliphatic carbocycles. The summed E-state index contributed by atoms with van der Waals surface area (Å²) in [6, 6.07) is 7.03. The van der Waals surface area contributed by atoms with Crippen LogP contribution in [0.25, 0.3) is 11.4 Å². The van der Waals surface area contributed by atoms with E-state index in [1.54, 1.807) is 0 Å². The van der Waals surface area contributed by atoms with E-state index in [4.69, 9.17) is 0 Å². The number of rotatable bonds is 4. The maximum atomic E-state index is 13.8. The third-order valence-electron chi connectivity index (χ3n) is 9.04. The molecule has 0 fully saturated rings. The van der Waals surface area contributed by atoms with Gasteiger partial charge in [-0.25, -0.2) is 17.6 Å². The molecule has 8 rings (SSSR count). The smallest absolute Gasteiger partial charge is 0.206 e. The number of fused-ring (bicyclic) bond motifs is 10. The summed E-state index contributed by atoms with van der Waals surface area (Å²) >= 11 is 0. The molecular weight excluding hydrogens is 548 g/mol. The molecule has 0 saturated heterocycles. The Morgan fingerprint density at radius 1 is 0.537 bits per heavy atom. The molecule has 6 N–H and O–H groups in total. The molecule has 0 amide bonds. The molecule has 0 saturated carbocycles. The second kappa shape index (κ2) is 7.70. The predicted octanol–water partition coefficient (Wildman–Crippen LogP) is 4.62. The fraction of sp³-hybridized carbons (Fsp3) is 0.200. The van der Waals surface area contributed by atoms with Gasteiger partial charge in [-0.1, -0.05) is 24.3 Å². The maximum Gasteiger partial charge on any atom is 0.206 e. The van der Waals surface area contributed by atoms with Gasteiger partial charge in [0, 0.05) is 45.9 Å². The van der Waals surface area contributed by atoms with Gasteiger partial charge >= 0.3 is 0 Å². The number of benzene rings is 2. The number of aromatic hydroxyl groups is 6. The Morgan fingerprint density at radius 3 is 1.17 bits per heavy atom. The third kappa shape index (κ3) is 2.93. The minimum atomic E-state index is -4.29. The first-order valence-electron chi connectivity index (χ1n) is 13.2. The van der Waals surface area contributed by atoms with Crippen molar-refractivity contribution in [2.45, 2.75) is 46.3 Å². The number of allylic oxidation sites excluding steroid dienone is 4. The Hall–Kier alpha value is -4.77. The Balaban J connectivity index is 1.24. The molecule has 2 heterocycles. The molecule has 2 aromatic carbocycles. The molecule has 4 aliphatic rings. The van der Waals surface area contributed by atoms with E-state index in [2.05, 4.69) is 0 Å². The quantitative estimate of drug-likeness (QED) is 0.193. The van der Waals surface area contributed by atoms with Crippen LogP contribution in [0.3, 0.4) is 0 Å². The SMILES string of the molecule is O=S(=O)(c1ccc(O)c(-n2c(O)c3c(c2O)C2C=CC3C2)c1)c1ccc(O)c(-n2c(O)c3c(c2O)C2C=CC3C2)c1. The van der Waals surface area contributed by atoms with Gasteiger partial charge in [-0.15, -0.1) is 0 Å². The van der Waals surface area contributed by atoms with Gasteiger partial charge in [0.1, 0.15) is 11.5 Å². The number of hydrogen-bond acceptors (Lipinski definition) is 8. The van der Waals surface area contributed by atoms with Crippen LogP contribution in [0.5, 0.6) is 35.0 Å². The highest BCUT2D eigenvalue weighted by Crippen LogP contribution is 2.59. The Labute approximate surface area is 233 Å². The zero-order valence-electron chi connectivity index (χ0n) is 21.3. The van der Waals surface area contributed by atoms with Gasteiger partial charge in [-0.3, -0.25) is 0 Å². The number of nitrogens with zero attached hydrogens (tertiary/aromatic N) is 2. The van der Waals surface area contributed by atoms with E-state index in [0.29, 0.717) is 22.3 Å². The van der Waals surface area contributed by atoms with Crippen molar-refractivity contribution in [1.29, 1.82) is 0 Å². The first-order chi connectivity index (χ1) is 19.6. The molecule has 0 aliphatic heterocycles. The summed E-state index contributed by atoms with van der Waals surface area (Å²) in [6.07, 6.45) is 9.30. The minimum absolute atomic E-state index is 0.0690. The molecule has 10 nitrogen and oxygen atoms in total. The standard InChI is InChI=1S/C30H24N2O8S/c33-21-7-5-17(11-19(21)31-27(35)23-13-1-2-14(9-13)24(23)28(31)36)41(39,40)18-6-8-22(34)20(12-18)32-29(37)25-15-3-4-16(10-15)26(25)30(32)38/h1-8,11-16,33-38H,9-10H2. The largest absolute Gasteiger partial charge is 0.506 e. The third-order valence-corrected chi connectivity index (χ3v) is 10.8. The number of phenolic OH excluding ortho intramolecular Hbond substituents is 2. The van der Waals surface area contributed by atoms with Crippen LogP contribution in [0.1, 0.15) is 58.8 Å². The van der Waals surface area contributed by atoms with Crippen LogP contribution < -0.4 is 0 Å². The summed E-state index contributed by atoms with van der Waals surface area (Å²) in [5.74, 6) is -2.03. The summed E-state index contributed by atoms with van der Waals surface area (Å²) in [7, 11) is -4.29. The highest BCUT2D eigenvalue weighted by atomic mass is 32.2. The van der Waals surface area contributed by atoms with E-state index in [9.17, 15) is 39.1 Å². The van der Waals surface area contributed by atoms with Crippen molar-refractivity contribution in [3.63, 3.8) is 0 Å². The summed E-state index contributed by atoms with van der Waals surface area (Å²) in [6.45, 7) is 0. The van der Waals surface area contributed by atoms with E-state index in [1.807, 2.05) is 24.3 Å². The lowest BCUT2D eigenvalue weighted by Crippen LogP contribution is -2.06. The number of aromatic nitrogens is 2. The molecule has 4 atom stereocenters. The molecule has 4 bridgehead atoms. The topological polar surface area (TPSA) is 165 Å². The Kier molecular flexibility index (Phi) is 4.52. The van der Waals surface area contributed by atoms with Crippen LogP contribution in [0.15, 0.2) is 70.5 Å². The molecule has 11 heteroatoms. The van der Waals surface area contributed by atoms with E-state index in [-0.39, 0.29) is 79.9 Å². The van der Waals surface area contributed by atoms with Crippen LogP contribution in [-0.2, 0) is 9.84 Å². The lowest BCUT2D eigenvalue weighted by molar-refractivity contribution is 0.388. The fourth-order valence-electron chi connectivity index (χ4n) is 7.17. The summed E-state index contributed by atoms with van der Waals surface area (Å²) in [5.41, 5.74) is 2.02. The first-order valence-corrected chi connectivity index (χ1v) is 14.7. The van der Waals surface area contributed by atoms with Gasteiger partial charge in [0.05, 0.1) is 21.2 Å². The van der Waals surface area contributed by atoms with Crippen molar-refractivity contribution in [1.82, 2.24) is 9.13 Å². The van der Waals surface area contributed by atoms with Crippen LogP contribution in [0, 0.1) is 0 Å². The zero-order chi connectivity index (χ0) is 28.5. The molecule has 4 unspecified atom stereocenters. The minimum Gasteiger partial charge on any atom is -0.506 e. The molecule has 41 heavy (non-hydrogen) atoms. The number of sulfone groups is 1. The van der Waals surface area contributed by atoms with E-state index in [1.165, 1.54) is 12.1 Å². The van der Waals surface area contributed by atoms with Gasteiger partial charge in [0.25, 0.3) is 0 Å². The normalized spacial score (nSPS) is 23.0. The number of hydrogen-bond donors (Lipinski definition) is 6. The summed E-state index contributed by atoms with van der Waals surface area (Å²) in [5, 5.41) is 65.3. The van der Waals surface area contributed by atoms with E-state index < -0.39 is 9.84 Å². The van der Waals surface area contributed by atoms with Crippen LogP contribution in [-0.4, -0.2) is 48.2 Å². The monoisotopic (exact) mass is 572 g/mol. The predicted molar refractivity (Wildman–Crippen MR) is 145 cm³/mol. The second-order valence-electron chi connectivity index (χ2n) is 11.1. The summed E-state index contributed by atoms with van der Waals surface area (Å²) in [4.78, 5) is -0.497. The maximum absolute atomic E-state index is 13.8. The Morgan fingerprint density at radius 2 is 0.854 bits per heavy atom. The molecule has 4 aromatic rings. The fourth-order valence-corrected chi connectivity index (χ4v) is 8.47. The van der Waals surface area contributed by atoms with Crippen LogP contribution in [0.2, 0.25) is 0 Å². The highest BCUT2D eigenvalue weighted by molar-refractivity contribution is 7.91. The highest BCUT2D eigenvalue weighted by Gasteiger charge is 2.43. The lowest BCUT2D eigenvalue weighted by atomic mass is 10.0. The molecular formula is C30H24N2O8S. The van der Waals surface area contributed by atoms with E-state index in [0.717, 1.165) is 46.2 Å². The average molecular weight is 573 g/mol. The van der Waals surface area contributed by atoms with Crippen LogP contribution in [0.4, 0.5) is 0 Å². The van der Waals surface area contributed by atoms with Gasteiger partial charge in [-0.05, 0) is 49.2 Å². The van der Waals surface area contributed by atoms with Gasteiger partial charge in [-0.2, -0.15) is 0 Å². The van der Waals surface area contributed by atoms with Crippen molar-refractivity contribution in [2.24, 2.45) is 0 Å². The Bertz CT molecular complexity index is 1810. The van der Waals surface area contributed by atoms with Crippen molar-refractivity contribution < 1.29 is 39.1 Å².